The molecule has 0 aliphatic carbocycles. The SMILES string of the molecule is CC(=O)c1cccc(NC(=O)CCc2coc(C)n2)c1. The van der Waals surface area contributed by atoms with Gasteiger partial charge in [-0.25, -0.2) is 4.98 Å². The normalized spacial score (nSPS) is 10.3. The van der Waals surface area contributed by atoms with E-state index < -0.39 is 0 Å². The Kier molecular flexibility index (Phi) is 4.30. The molecule has 1 aromatic heterocycles. The van der Waals surface area contributed by atoms with Crippen LogP contribution < -0.4 is 5.32 Å². The Hall–Kier alpha value is -2.43. The van der Waals surface area contributed by atoms with Crippen molar-refractivity contribution in [3.05, 3.63) is 47.7 Å². The van der Waals surface area contributed by atoms with Gasteiger partial charge in [-0.2, -0.15) is 0 Å². The first-order chi connectivity index (χ1) is 9.54. The minimum absolute atomic E-state index is 0.0285. The molecule has 20 heavy (non-hydrogen) atoms. The number of carbonyl (C=O) groups is 2. The van der Waals surface area contributed by atoms with Crippen molar-refractivity contribution in [2.75, 3.05) is 5.32 Å². The average Bonchev–Trinajstić information content (AvgIpc) is 2.82. The number of nitrogens with one attached hydrogen (secondary N) is 1. The maximum atomic E-state index is 11.8. The zero-order chi connectivity index (χ0) is 14.5. The molecule has 1 heterocycles. The Morgan fingerprint density at radius 3 is 2.80 bits per heavy atom. The quantitative estimate of drug-likeness (QED) is 0.849. The molecule has 5 nitrogen and oxygen atoms in total. The lowest BCUT2D eigenvalue weighted by atomic mass is 10.1. The molecule has 2 rings (SSSR count). The molecular formula is C15H16N2O3. The zero-order valence-corrected chi connectivity index (χ0v) is 11.5. The number of Topliss-reactive ketones (excluding diaryl/α,β-unsaturated/α-hetero) is 1. The van der Waals surface area contributed by atoms with E-state index in [0.717, 1.165) is 5.69 Å². The molecule has 1 N–H and O–H groups in total. The number of ketones is 1. The van der Waals surface area contributed by atoms with Crippen molar-refractivity contribution in [3.63, 3.8) is 0 Å². The number of hydrogen-bond acceptors (Lipinski definition) is 4. The molecule has 0 aliphatic heterocycles. The highest BCUT2D eigenvalue weighted by Crippen LogP contribution is 2.12. The summed E-state index contributed by atoms with van der Waals surface area (Å²) in [5, 5.41) is 2.76. The molecule has 0 fully saturated rings. The van der Waals surface area contributed by atoms with Crippen LogP contribution in [0, 0.1) is 6.92 Å². The highest BCUT2D eigenvalue weighted by atomic mass is 16.3. The zero-order valence-electron chi connectivity index (χ0n) is 11.5. The predicted octanol–water partition coefficient (Wildman–Crippen LogP) is 2.76. The Bertz CT molecular complexity index is 632. The van der Waals surface area contributed by atoms with Gasteiger partial charge in [0.25, 0.3) is 0 Å². The molecule has 0 spiro atoms. The van der Waals surface area contributed by atoms with E-state index in [4.69, 9.17) is 4.42 Å². The van der Waals surface area contributed by atoms with Crippen LogP contribution in [0.4, 0.5) is 5.69 Å². The summed E-state index contributed by atoms with van der Waals surface area (Å²) in [4.78, 5) is 27.2. The topological polar surface area (TPSA) is 72.2 Å². The van der Waals surface area contributed by atoms with Crippen molar-refractivity contribution < 1.29 is 14.0 Å². The van der Waals surface area contributed by atoms with Crippen molar-refractivity contribution in [2.24, 2.45) is 0 Å². The van der Waals surface area contributed by atoms with Crippen LogP contribution in [-0.4, -0.2) is 16.7 Å². The number of aromatic nitrogens is 1. The van der Waals surface area contributed by atoms with E-state index in [1.54, 1.807) is 37.5 Å². The summed E-state index contributed by atoms with van der Waals surface area (Å²) >= 11 is 0. The highest BCUT2D eigenvalue weighted by molar-refractivity contribution is 5.97. The summed E-state index contributed by atoms with van der Waals surface area (Å²) in [6.07, 6.45) is 2.39. The van der Waals surface area contributed by atoms with Crippen LogP contribution in [0.25, 0.3) is 0 Å². The van der Waals surface area contributed by atoms with Crippen LogP contribution in [-0.2, 0) is 11.2 Å². The third-order valence-corrected chi connectivity index (χ3v) is 2.83. The van der Waals surface area contributed by atoms with Crippen LogP contribution in [0.2, 0.25) is 0 Å². The second kappa shape index (κ2) is 6.14. The van der Waals surface area contributed by atoms with Crippen molar-refractivity contribution >= 4 is 17.4 Å². The molecule has 2 aromatic rings. The van der Waals surface area contributed by atoms with Gasteiger partial charge in [0.1, 0.15) is 6.26 Å². The van der Waals surface area contributed by atoms with Crippen molar-refractivity contribution in [3.8, 4) is 0 Å². The summed E-state index contributed by atoms with van der Waals surface area (Å²) in [5.74, 6) is 0.445. The minimum atomic E-state index is -0.119. The molecule has 1 amide bonds. The van der Waals surface area contributed by atoms with Crippen LogP contribution in [0.15, 0.2) is 34.9 Å². The number of rotatable bonds is 5. The van der Waals surface area contributed by atoms with E-state index >= 15 is 0 Å². The van der Waals surface area contributed by atoms with Crippen LogP contribution in [0.5, 0.6) is 0 Å². The van der Waals surface area contributed by atoms with E-state index in [0.29, 0.717) is 30.0 Å². The Morgan fingerprint density at radius 2 is 2.15 bits per heavy atom. The number of carbonyl (C=O) groups excluding carboxylic acids is 2. The van der Waals surface area contributed by atoms with E-state index in [1.165, 1.54) is 6.92 Å². The summed E-state index contributed by atoms with van der Waals surface area (Å²) in [6, 6.07) is 6.88. The first-order valence-electron chi connectivity index (χ1n) is 6.36. The van der Waals surface area contributed by atoms with Crippen LogP contribution in [0.3, 0.4) is 0 Å². The van der Waals surface area contributed by atoms with Gasteiger partial charge in [-0.05, 0) is 19.1 Å². The van der Waals surface area contributed by atoms with Gasteiger partial charge in [0, 0.05) is 31.0 Å². The molecule has 104 valence electrons. The number of oxazole rings is 1. The first-order valence-corrected chi connectivity index (χ1v) is 6.36. The van der Waals surface area contributed by atoms with Gasteiger partial charge in [0.2, 0.25) is 5.91 Å². The standard InChI is InChI=1S/C15H16N2O3/c1-10(18)12-4-3-5-13(8-12)17-15(19)7-6-14-9-20-11(2)16-14/h3-5,8-9H,6-7H2,1-2H3,(H,17,19). The number of hydrogen-bond donors (Lipinski definition) is 1. The monoisotopic (exact) mass is 272 g/mol. The molecule has 0 radical (unpaired) electrons. The van der Waals surface area contributed by atoms with Gasteiger partial charge in [0.15, 0.2) is 11.7 Å². The van der Waals surface area contributed by atoms with Crippen LogP contribution >= 0.6 is 0 Å². The van der Waals surface area contributed by atoms with Gasteiger partial charge < -0.3 is 9.73 Å². The molecule has 0 bridgehead atoms. The van der Waals surface area contributed by atoms with Gasteiger partial charge in [-0.3, -0.25) is 9.59 Å². The number of nitrogens with zero attached hydrogens (tertiary/aromatic N) is 1. The highest BCUT2D eigenvalue weighted by Gasteiger charge is 2.07. The maximum absolute atomic E-state index is 11.8. The summed E-state index contributed by atoms with van der Waals surface area (Å²) in [5.41, 5.74) is 1.96. The summed E-state index contributed by atoms with van der Waals surface area (Å²) in [6.45, 7) is 3.25. The van der Waals surface area contributed by atoms with Gasteiger partial charge >= 0.3 is 0 Å². The molecule has 5 heteroatoms. The third-order valence-electron chi connectivity index (χ3n) is 2.83. The Balaban J connectivity index is 1.91. The molecule has 0 saturated heterocycles. The molecule has 1 aromatic carbocycles. The van der Waals surface area contributed by atoms with Crippen LogP contribution in [0.1, 0.15) is 35.3 Å². The largest absolute Gasteiger partial charge is 0.449 e. The second-order valence-corrected chi connectivity index (χ2v) is 4.54. The summed E-state index contributed by atoms with van der Waals surface area (Å²) in [7, 11) is 0. The fraction of sp³-hybridized carbons (Fsp3) is 0.267. The van der Waals surface area contributed by atoms with Gasteiger partial charge in [-0.15, -0.1) is 0 Å². The van der Waals surface area contributed by atoms with E-state index in [1.807, 2.05) is 0 Å². The second-order valence-electron chi connectivity index (χ2n) is 4.54. The molecule has 0 saturated carbocycles. The fourth-order valence-electron chi connectivity index (χ4n) is 1.80. The number of anilines is 1. The molecular weight excluding hydrogens is 256 g/mol. The van der Waals surface area contributed by atoms with Crippen molar-refractivity contribution in [1.82, 2.24) is 4.98 Å². The lowest BCUT2D eigenvalue weighted by Gasteiger charge is -2.05. The van der Waals surface area contributed by atoms with Crippen molar-refractivity contribution in [1.29, 1.82) is 0 Å². The number of benzene rings is 1. The van der Waals surface area contributed by atoms with E-state index in [2.05, 4.69) is 10.3 Å². The Labute approximate surface area is 117 Å². The first kappa shape index (κ1) is 14.0. The third kappa shape index (κ3) is 3.78. The minimum Gasteiger partial charge on any atom is -0.449 e. The lowest BCUT2D eigenvalue weighted by molar-refractivity contribution is -0.116. The smallest absolute Gasteiger partial charge is 0.224 e. The van der Waals surface area contributed by atoms with Gasteiger partial charge in [-0.1, -0.05) is 12.1 Å². The molecule has 0 aliphatic rings. The maximum Gasteiger partial charge on any atom is 0.224 e. The Morgan fingerprint density at radius 1 is 1.35 bits per heavy atom. The predicted molar refractivity (Wildman–Crippen MR) is 74.6 cm³/mol. The van der Waals surface area contributed by atoms with E-state index in [9.17, 15) is 9.59 Å². The fourth-order valence-corrected chi connectivity index (χ4v) is 1.80. The van der Waals surface area contributed by atoms with Crippen molar-refractivity contribution in [2.45, 2.75) is 26.7 Å². The molecule has 0 unspecified atom stereocenters. The number of aryl methyl sites for hydroxylation is 2. The van der Waals surface area contributed by atoms with E-state index in [-0.39, 0.29) is 11.7 Å². The lowest BCUT2D eigenvalue weighted by Crippen LogP contribution is -2.12. The molecule has 0 atom stereocenters. The summed E-state index contributed by atoms with van der Waals surface area (Å²) < 4.78 is 5.08. The van der Waals surface area contributed by atoms with Gasteiger partial charge in [0.05, 0.1) is 5.69 Å². The average molecular weight is 272 g/mol. The number of amides is 1.